The first-order chi connectivity index (χ1) is 25.4. The van der Waals surface area contributed by atoms with Crippen molar-refractivity contribution in [2.75, 3.05) is 7.11 Å². The zero-order chi connectivity index (χ0) is 37.3. The van der Waals surface area contributed by atoms with Crippen molar-refractivity contribution in [1.82, 2.24) is 4.57 Å². The predicted molar refractivity (Wildman–Crippen MR) is 226 cm³/mol. The summed E-state index contributed by atoms with van der Waals surface area (Å²) in [6.07, 6.45) is 14.2. The lowest BCUT2D eigenvalue weighted by Gasteiger charge is -2.44. The summed E-state index contributed by atoms with van der Waals surface area (Å²) in [4.78, 5) is 0. The molecular formula is C51H53NO. The molecule has 1 fully saturated rings. The maximum Gasteiger partial charge on any atom is 0.118 e. The highest BCUT2D eigenvalue weighted by molar-refractivity contribution is 6.10. The monoisotopic (exact) mass is 695 g/mol. The number of benzene rings is 4. The molecule has 2 heteroatoms. The summed E-state index contributed by atoms with van der Waals surface area (Å²) < 4.78 is 8.42. The molecule has 53 heavy (non-hydrogen) atoms. The average Bonchev–Trinajstić information content (AvgIpc) is 3.47. The van der Waals surface area contributed by atoms with Gasteiger partial charge in [0.25, 0.3) is 0 Å². The first-order valence-electron chi connectivity index (χ1n) is 19.4. The lowest BCUT2D eigenvalue weighted by molar-refractivity contribution is 0.291. The third-order valence-corrected chi connectivity index (χ3v) is 12.9. The maximum absolute atomic E-state index is 5.92. The van der Waals surface area contributed by atoms with Crippen LogP contribution in [0.3, 0.4) is 0 Å². The van der Waals surface area contributed by atoms with E-state index in [1.807, 2.05) is 0 Å². The first kappa shape index (κ1) is 35.0. The molecule has 0 unspecified atom stereocenters. The van der Waals surface area contributed by atoms with Gasteiger partial charge in [-0.3, -0.25) is 0 Å². The van der Waals surface area contributed by atoms with E-state index >= 15 is 0 Å². The number of rotatable bonds is 8. The Hall–Kier alpha value is -5.08. The van der Waals surface area contributed by atoms with Crippen LogP contribution in [0.2, 0.25) is 0 Å². The lowest BCUT2D eigenvalue weighted by atomic mass is 9.59. The number of hydrogen-bond acceptors (Lipinski definition) is 1. The highest BCUT2D eigenvalue weighted by atomic mass is 16.5. The van der Waals surface area contributed by atoms with Crippen LogP contribution in [0.1, 0.15) is 101 Å². The van der Waals surface area contributed by atoms with E-state index in [0.717, 1.165) is 18.6 Å². The Kier molecular flexibility index (Phi) is 8.45. The van der Waals surface area contributed by atoms with Crippen LogP contribution in [0.5, 0.6) is 0 Å². The fourth-order valence-corrected chi connectivity index (χ4v) is 9.65. The summed E-state index contributed by atoms with van der Waals surface area (Å²) in [6, 6.07) is 32.4. The van der Waals surface area contributed by atoms with Crippen molar-refractivity contribution in [3.63, 3.8) is 0 Å². The molecule has 268 valence electrons. The summed E-state index contributed by atoms with van der Waals surface area (Å²) in [5.74, 6) is 0.996. The largest absolute Gasteiger partial charge is 0.497 e. The van der Waals surface area contributed by atoms with Gasteiger partial charge < -0.3 is 9.30 Å². The van der Waals surface area contributed by atoms with Gasteiger partial charge >= 0.3 is 0 Å². The van der Waals surface area contributed by atoms with Crippen LogP contribution in [0, 0.1) is 0 Å². The first-order valence-corrected chi connectivity index (χ1v) is 19.4. The van der Waals surface area contributed by atoms with Gasteiger partial charge in [-0.15, -0.1) is 0 Å². The number of fused-ring (bicyclic) bond motifs is 4. The highest BCUT2D eigenvalue weighted by Crippen LogP contribution is 2.52. The second-order valence-electron chi connectivity index (χ2n) is 16.8. The number of nitrogens with zero attached hydrogens (tertiary/aromatic N) is 1. The molecule has 8 rings (SSSR count). The van der Waals surface area contributed by atoms with Crippen LogP contribution in [0.4, 0.5) is 0 Å². The van der Waals surface area contributed by atoms with Gasteiger partial charge in [0.05, 0.1) is 18.1 Å². The van der Waals surface area contributed by atoms with E-state index in [4.69, 9.17) is 4.74 Å². The Bertz CT molecular complexity index is 2430. The van der Waals surface area contributed by atoms with E-state index in [1.54, 1.807) is 12.7 Å². The molecule has 5 aromatic rings. The van der Waals surface area contributed by atoms with Crippen molar-refractivity contribution in [2.24, 2.45) is 0 Å². The Labute approximate surface area is 316 Å². The SMILES string of the molecule is C=CC1=C(C=C)C(C)(C)c2cc3c(cc2C1(C)C)c1cc(C(C)(C)C2=C(OC)C=CCC2)ccc1n3-c1ccc(C(=C2CCC2)c2ccccc2)cc1. The predicted octanol–water partition coefficient (Wildman–Crippen LogP) is 13.5. The third-order valence-electron chi connectivity index (χ3n) is 12.9. The number of ether oxygens (including phenoxy) is 1. The Balaban J connectivity index is 1.38. The number of allylic oxidation sites excluding steroid dienone is 8. The Morgan fingerprint density at radius 2 is 1.36 bits per heavy atom. The standard InChI is InChI=1S/C51H53NO/c1-10-40-41(11-2)51(7,8)44-32-46-39(31-43(44)50(40,5)6)38-30-36(49(3,4)42-22-15-16-23-47(42)53-9)26-29-45(38)52(46)37-27-24-35(25-28-37)48(34-20-17-21-34)33-18-13-12-14-19-33/h10-14,16,18-19,23-32H,1-2,15,17,20-22H2,3-9H3. The molecule has 0 amide bonds. The minimum Gasteiger partial charge on any atom is -0.497 e. The molecule has 1 saturated carbocycles. The second kappa shape index (κ2) is 12.8. The molecule has 4 aromatic carbocycles. The second-order valence-corrected chi connectivity index (χ2v) is 16.8. The molecule has 0 saturated heterocycles. The van der Waals surface area contributed by atoms with Gasteiger partial charge in [-0.05, 0) is 125 Å². The summed E-state index contributed by atoms with van der Waals surface area (Å²) in [6.45, 7) is 22.7. The van der Waals surface area contributed by atoms with Crippen molar-refractivity contribution in [2.45, 2.75) is 89.9 Å². The van der Waals surface area contributed by atoms with Gasteiger partial charge in [-0.1, -0.05) is 127 Å². The molecule has 3 aliphatic carbocycles. The quantitative estimate of drug-likeness (QED) is 0.158. The summed E-state index contributed by atoms with van der Waals surface area (Å²) in [7, 11) is 1.80. The minimum atomic E-state index is -0.236. The van der Waals surface area contributed by atoms with Crippen molar-refractivity contribution < 1.29 is 4.74 Å². The third kappa shape index (κ3) is 5.36. The van der Waals surface area contributed by atoms with Crippen molar-refractivity contribution in [3.05, 3.63) is 178 Å². The van der Waals surface area contributed by atoms with Crippen LogP contribution in [-0.4, -0.2) is 11.7 Å². The highest BCUT2D eigenvalue weighted by Gasteiger charge is 2.42. The van der Waals surface area contributed by atoms with E-state index < -0.39 is 0 Å². The van der Waals surface area contributed by atoms with E-state index in [0.29, 0.717) is 0 Å². The van der Waals surface area contributed by atoms with Crippen molar-refractivity contribution >= 4 is 27.4 Å². The minimum absolute atomic E-state index is 0.198. The molecule has 2 nitrogen and oxygen atoms in total. The number of methoxy groups -OCH3 is 1. The molecular weight excluding hydrogens is 643 g/mol. The fourth-order valence-electron chi connectivity index (χ4n) is 9.65. The van der Waals surface area contributed by atoms with Crippen LogP contribution >= 0.6 is 0 Å². The van der Waals surface area contributed by atoms with Crippen LogP contribution in [0.15, 0.2) is 150 Å². The van der Waals surface area contributed by atoms with Crippen LogP contribution < -0.4 is 0 Å². The molecule has 0 aliphatic heterocycles. The number of aromatic nitrogens is 1. The maximum atomic E-state index is 5.92. The topological polar surface area (TPSA) is 14.2 Å². The Morgan fingerprint density at radius 1 is 0.736 bits per heavy atom. The van der Waals surface area contributed by atoms with Gasteiger partial charge in [-0.25, -0.2) is 0 Å². The van der Waals surface area contributed by atoms with Gasteiger partial charge in [-0.2, -0.15) is 0 Å². The molecule has 0 N–H and O–H groups in total. The van der Waals surface area contributed by atoms with Gasteiger partial charge in [0, 0.05) is 32.7 Å². The molecule has 3 aliphatic rings. The normalized spacial score (nSPS) is 17.9. The summed E-state index contributed by atoms with van der Waals surface area (Å²) in [5, 5.41) is 2.55. The van der Waals surface area contributed by atoms with Crippen LogP contribution in [-0.2, 0) is 21.0 Å². The van der Waals surface area contributed by atoms with Crippen LogP contribution in [0.25, 0.3) is 33.1 Å². The van der Waals surface area contributed by atoms with E-state index in [2.05, 4.69) is 169 Å². The van der Waals surface area contributed by atoms with Crippen molar-refractivity contribution in [3.8, 4) is 5.69 Å². The summed E-state index contributed by atoms with van der Waals surface area (Å²) >= 11 is 0. The lowest BCUT2D eigenvalue weighted by Crippen LogP contribution is -2.36. The molecule has 1 aromatic heterocycles. The molecule has 0 radical (unpaired) electrons. The van der Waals surface area contributed by atoms with E-state index in [-0.39, 0.29) is 16.2 Å². The molecule has 0 bridgehead atoms. The molecule has 0 spiro atoms. The zero-order valence-corrected chi connectivity index (χ0v) is 32.7. The van der Waals surface area contributed by atoms with E-state index in [1.165, 1.54) is 96.9 Å². The summed E-state index contributed by atoms with van der Waals surface area (Å²) in [5.41, 5.74) is 16.4. The Morgan fingerprint density at radius 3 is 1.96 bits per heavy atom. The molecule has 0 atom stereocenters. The number of hydrogen-bond donors (Lipinski definition) is 0. The van der Waals surface area contributed by atoms with Gasteiger partial charge in [0.1, 0.15) is 5.76 Å². The zero-order valence-electron chi connectivity index (χ0n) is 32.7. The van der Waals surface area contributed by atoms with Crippen molar-refractivity contribution in [1.29, 1.82) is 0 Å². The van der Waals surface area contributed by atoms with Gasteiger partial charge in [0.2, 0.25) is 0 Å². The van der Waals surface area contributed by atoms with Gasteiger partial charge in [0.15, 0.2) is 0 Å². The smallest absolute Gasteiger partial charge is 0.118 e. The average molecular weight is 696 g/mol. The fraction of sp³-hybridized carbons (Fsp3) is 0.294. The van der Waals surface area contributed by atoms with E-state index in [9.17, 15) is 0 Å². The molecule has 1 heterocycles.